The molecule has 0 fully saturated rings. The lowest BCUT2D eigenvalue weighted by Crippen LogP contribution is -2.49. The summed E-state index contributed by atoms with van der Waals surface area (Å²) in [5.41, 5.74) is -0.707. The SMILES string of the molecule is C[C@H](O[C@H](O)CN(C(C)(C)C)S(C)(=O)=O)C(C)(C)C. The molecule has 0 saturated heterocycles. The molecule has 0 aromatic rings. The Bertz CT molecular complexity index is 378. The van der Waals surface area contributed by atoms with Gasteiger partial charge < -0.3 is 9.84 Å². The summed E-state index contributed by atoms with van der Waals surface area (Å²) < 4.78 is 30.2. The van der Waals surface area contributed by atoms with Crippen LogP contribution in [0.1, 0.15) is 48.5 Å². The van der Waals surface area contributed by atoms with Crippen molar-refractivity contribution in [3.63, 3.8) is 0 Å². The second kappa shape index (κ2) is 6.08. The van der Waals surface area contributed by atoms with Crippen LogP contribution < -0.4 is 0 Å². The minimum atomic E-state index is -3.40. The van der Waals surface area contributed by atoms with Crippen molar-refractivity contribution in [3.8, 4) is 0 Å². The number of hydrogen-bond acceptors (Lipinski definition) is 4. The summed E-state index contributed by atoms with van der Waals surface area (Å²) in [5.74, 6) is 0. The third-order valence-corrected chi connectivity index (χ3v) is 4.55. The molecule has 0 aliphatic heterocycles. The van der Waals surface area contributed by atoms with Crippen LogP contribution in [0.4, 0.5) is 0 Å². The number of hydrogen-bond donors (Lipinski definition) is 1. The second-order valence-corrected chi connectivity index (χ2v) is 8.97. The monoisotopic (exact) mass is 295 g/mol. The number of aliphatic hydroxyl groups is 1. The van der Waals surface area contributed by atoms with Crippen molar-refractivity contribution < 1.29 is 18.3 Å². The maximum absolute atomic E-state index is 11.8. The molecule has 0 radical (unpaired) electrons. The van der Waals surface area contributed by atoms with E-state index in [0.29, 0.717) is 0 Å². The summed E-state index contributed by atoms with van der Waals surface area (Å²) in [7, 11) is -3.40. The van der Waals surface area contributed by atoms with Gasteiger partial charge in [0, 0.05) is 5.54 Å². The summed E-state index contributed by atoms with van der Waals surface area (Å²) in [4.78, 5) is 0. The van der Waals surface area contributed by atoms with Crippen LogP contribution in [0.25, 0.3) is 0 Å². The molecule has 6 heteroatoms. The Morgan fingerprint density at radius 2 is 1.58 bits per heavy atom. The van der Waals surface area contributed by atoms with E-state index in [1.807, 2.05) is 27.7 Å². The minimum Gasteiger partial charge on any atom is -0.367 e. The summed E-state index contributed by atoms with van der Waals surface area (Å²) in [6.45, 7) is 13.2. The first kappa shape index (κ1) is 18.8. The normalized spacial score (nSPS) is 17.6. The first-order valence-electron chi connectivity index (χ1n) is 6.47. The zero-order valence-electron chi connectivity index (χ0n) is 13.4. The molecule has 0 saturated carbocycles. The Balaban J connectivity index is 4.82. The van der Waals surface area contributed by atoms with Crippen LogP contribution in [0.15, 0.2) is 0 Å². The fourth-order valence-corrected chi connectivity index (χ4v) is 2.92. The Morgan fingerprint density at radius 1 is 1.16 bits per heavy atom. The van der Waals surface area contributed by atoms with Crippen LogP contribution in [0.5, 0.6) is 0 Å². The summed E-state index contributed by atoms with van der Waals surface area (Å²) in [6, 6.07) is 0. The molecule has 19 heavy (non-hydrogen) atoms. The Hall–Kier alpha value is -0.170. The fourth-order valence-electron chi connectivity index (χ4n) is 1.53. The maximum atomic E-state index is 11.8. The number of nitrogens with zero attached hydrogens (tertiary/aromatic N) is 1. The smallest absolute Gasteiger partial charge is 0.211 e. The van der Waals surface area contributed by atoms with Gasteiger partial charge in [0.05, 0.1) is 18.9 Å². The molecule has 0 aliphatic rings. The third kappa shape index (κ3) is 6.70. The fraction of sp³-hybridized carbons (Fsp3) is 1.00. The Morgan fingerprint density at radius 3 is 1.84 bits per heavy atom. The van der Waals surface area contributed by atoms with Gasteiger partial charge in [-0.2, -0.15) is 4.31 Å². The van der Waals surface area contributed by atoms with Gasteiger partial charge >= 0.3 is 0 Å². The summed E-state index contributed by atoms with van der Waals surface area (Å²) >= 11 is 0. The highest BCUT2D eigenvalue weighted by Crippen LogP contribution is 2.24. The number of rotatable bonds is 5. The molecule has 0 heterocycles. The van der Waals surface area contributed by atoms with Crippen LogP contribution in [0.3, 0.4) is 0 Å². The topological polar surface area (TPSA) is 66.8 Å². The zero-order chi connectivity index (χ0) is 15.6. The zero-order valence-corrected chi connectivity index (χ0v) is 14.2. The molecular formula is C13H29NO4S. The molecule has 1 N–H and O–H groups in total. The van der Waals surface area contributed by atoms with Gasteiger partial charge in [0.25, 0.3) is 0 Å². The van der Waals surface area contributed by atoms with Crippen LogP contribution >= 0.6 is 0 Å². The highest BCUT2D eigenvalue weighted by Gasteiger charge is 2.33. The first-order chi connectivity index (χ1) is 8.15. The number of ether oxygens (including phenoxy) is 1. The second-order valence-electron chi connectivity index (χ2n) is 7.06. The molecule has 0 aromatic heterocycles. The van der Waals surface area contributed by atoms with E-state index in [1.165, 1.54) is 4.31 Å². The largest absolute Gasteiger partial charge is 0.367 e. The lowest BCUT2D eigenvalue weighted by Gasteiger charge is -2.36. The van der Waals surface area contributed by atoms with Crippen LogP contribution in [0, 0.1) is 5.41 Å². The van der Waals surface area contributed by atoms with Gasteiger partial charge in [-0.25, -0.2) is 8.42 Å². The van der Waals surface area contributed by atoms with E-state index in [0.717, 1.165) is 6.26 Å². The van der Waals surface area contributed by atoms with Gasteiger partial charge in [0.2, 0.25) is 10.0 Å². The molecule has 0 bridgehead atoms. The van der Waals surface area contributed by atoms with Gasteiger partial charge in [0.15, 0.2) is 6.29 Å². The lowest BCUT2D eigenvalue weighted by atomic mass is 9.90. The van der Waals surface area contributed by atoms with Crippen molar-refractivity contribution in [1.29, 1.82) is 0 Å². The van der Waals surface area contributed by atoms with Crippen molar-refractivity contribution in [2.45, 2.75) is 66.4 Å². The molecule has 0 amide bonds. The van der Waals surface area contributed by atoms with Gasteiger partial charge in [-0.05, 0) is 33.1 Å². The van der Waals surface area contributed by atoms with Gasteiger partial charge in [-0.15, -0.1) is 0 Å². The quantitative estimate of drug-likeness (QED) is 0.786. The van der Waals surface area contributed by atoms with E-state index in [9.17, 15) is 13.5 Å². The van der Waals surface area contributed by atoms with Gasteiger partial charge in [0.1, 0.15) is 0 Å². The number of aliphatic hydroxyl groups excluding tert-OH is 1. The molecule has 116 valence electrons. The molecule has 0 unspecified atom stereocenters. The van der Waals surface area contributed by atoms with Crippen molar-refractivity contribution in [3.05, 3.63) is 0 Å². The highest BCUT2D eigenvalue weighted by molar-refractivity contribution is 7.88. The van der Waals surface area contributed by atoms with E-state index in [2.05, 4.69) is 0 Å². The van der Waals surface area contributed by atoms with E-state index in [1.54, 1.807) is 20.8 Å². The van der Waals surface area contributed by atoms with Crippen molar-refractivity contribution in [2.24, 2.45) is 5.41 Å². The standard InChI is InChI=1S/C13H29NO4S/c1-10(12(2,3)4)18-11(15)9-14(13(5,6)7)19(8,16)17/h10-11,15H,9H2,1-8H3/t10-,11-/m0/s1. The van der Waals surface area contributed by atoms with Gasteiger partial charge in [-0.1, -0.05) is 20.8 Å². The average Bonchev–Trinajstić information content (AvgIpc) is 2.08. The van der Waals surface area contributed by atoms with Crippen molar-refractivity contribution >= 4 is 10.0 Å². The summed E-state index contributed by atoms with van der Waals surface area (Å²) in [6.07, 6.45) is -0.176. The molecule has 2 atom stereocenters. The Labute approximate surface area is 118 Å². The van der Waals surface area contributed by atoms with Crippen LogP contribution in [0.2, 0.25) is 0 Å². The maximum Gasteiger partial charge on any atom is 0.211 e. The summed E-state index contributed by atoms with van der Waals surface area (Å²) in [5, 5.41) is 9.95. The van der Waals surface area contributed by atoms with Crippen molar-refractivity contribution in [1.82, 2.24) is 4.31 Å². The first-order valence-corrected chi connectivity index (χ1v) is 8.32. The molecule has 0 aliphatic carbocycles. The third-order valence-electron chi connectivity index (χ3n) is 3.05. The molecule has 0 spiro atoms. The Kier molecular flexibility index (Phi) is 6.02. The molecule has 0 rings (SSSR count). The van der Waals surface area contributed by atoms with Crippen LogP contribution in [-0.4, -0.2) is 48.6 Å². The van der Waals surface area contributed by atoms with E-state index < -0.39 is 21.9 Å². The molecular weight excluding hydrogens is 266 g/mol. The predicted octanol–water partition coefficient (Wildman–Crippen LogP) is 1.82. The lowest BCUT2D eigenvalue weighted by molar-refractivity contribution is -0.164. The highest BCUT2D eigenvalue weighted by atomic mass is 32.2. The minimum absolute atomic E-state index is 0.0667. The van der Waals surface area contributed by atoms with E-state index in [4.69, 9.17) is 4.74 Å². The number of β-amino-alcohol motifs (C(OH)–C–C–N with tert-alkyl or cyclic N) is 1. The average molecular weight is 295 g/mol. The van der Waals surface area contributed by atoms with E-state index in [-0.39, 0.29) is 18.1 Å². The van der Waals surface area contributed by atoms with Gasteiger partial charge in [-0.3, -0.25) is 0 Å². The van der Waals surface area contributed by atoms with E-state index >= 15 is 0 Å². The van der Waals surface area contributed by atoms with Crippen LogP contribution in [-0.2, 0) is 14.8 Å². The number of sulfonamides is 1. The molecule has 0 aromatic carbocycles. The predicted molar refractivity (Wildman–Crippen MR) is 77.3 cm³/mol. The molecule has 5 nitrogen and oxygen atoms in total. The van der Waals surface area contributed by atoms with Crippen molar-refractivity contribution in [2.75, 3.05) is 12.8 Å².